The van der Waals surface area contributed by atoms with Crippen LogP contribution >= 0.6 is 0 Å². The summed E-state index contributed by atoms with van der Waals surface area (Å²) in [7, 11) is 0. The minimum absolute atomic E-state index is 0.568. The lowest BCUT2D eigenvalue weighted by Gasteiger charge is -2.10. The topological polar surface area (TPSA) is 21.3 Å². The van der Waals surface area contributed by atoms with Crippen molar-refractivity contribution in [2.24, 2.45) is 5.92 Å². The van der Waals surface area contributed by atoms with Crippen LogP contribution in [0.4, 0.5) is 0 Å². The Balaban J connectivity index is 2.36. The monoisotopic (exact) mass is 207 g/mol. The van der Waals surface area contributed by atoms with Crippen LogP contribution in [-0.2, 0) is 17.8 Å². The maximum absolute atomic E-state index is 5.35. The molecule has 0 heterocycles. The first-order valence-corrected chi connectivity index (χ1v) is 5.65. The van der Waals surface area contributed by atoms with E-state index in [4.69, 9.17) is 4.84 Å². The third-order valence-electron chi connectivity index (χ3n) is 2.28. The molecule has 0 aliphatic rings. The van der Waals surface area contributed by atoms with E-state index in [2.05, 4.69) is 50.5 Å². The molecule has 0 saturated heterocycles. The van der Waals surface area contributed by atoms with Gasteiger partial charge in [-0.2, -0.15) is 5.48 Å². The Morgan fingerprint density at radius 2 is 1.87 bits per heavy atom. The molecule has 0 saturated carbocycles. The predicted molar refractivity (Wildman–Crippen MR) is 63.4 cm³/mol. The van der Waals surface area contributed by atoms with Crippen molar-refractivity contribution in [3.05, 3.63) is 35.4 Å². The zero-order valence-corrected chi connectivity index (χ0v) is 9.92. The largest absolute Gasteiger partial charge is 0.301 e. The average molecular weight is 207 g/mol. The molecule has 15 heavy (non-hydrogen) atoms. The molecule has 0 radical (unpaired) electrons. The van der Waals surface area contributed by atoms with Crippen LogP contribution in [0, 0.1) is 5.92 Å². The van der Waals surface area contributed by atoms with Crippen LogP contribution in [0.15, 0.2) is 24.3 Å². The van der Waals surface area contributed by atoms with Crippen molar-refractivity contribution in [1.29, 1.82) is 0 Å². The van der Waals surface area contributed by atoms with E-state index in [1.807, 2.05) is 0 Å². The molecular formula is C13H21NO. The van der Waals surface area contributed by atoms with Gasteiger partial charge in [0.15, 0.2) is 0 Å². The third-order valence-corrected chi connectivity index (χ3v) is 2.28. The van der Waals surface area contributed by atoms with Crippen molar-refractivity contribution in [3.63, 3.8) is 0 Å². The van der Waals surface area contributed by atoms with Crippen LogP contribution in [0.3, 0.4) is 0 Å². The smallest absolute Gasteiger partial charge is 0.0705 e. The van der Waals surface area contributed by atoms with Gasteiger partial charge < -0.3 is 4.84 Å². The van der Waals surface area contributed by atoms with E-state index < -0.39 is 0 Å². The first-order chi connectivity index (χ1) is 7.24. The Kier molecular flexibility index (Phi) is 5.37. The van der Waals surface area contributed by atoms with Gasteiger partial charge in [-0.3, -0.25) is 0 Å². The zero-order chi connectivity index (χ0) is 11.1. The minimum atomic E-state index is 0.568. The highest BCUT2D eigenvalue weighted by molar-refractivity contribution is 5.26. The molecule has 0 atom stereocenters. The molecular weight excluding hydrogens is 186 g/mol. The van der Waals surface area contributed by atoms with Gasteiger partial charge in [-0.15, -0.1) is 0 Å². The number of hydrogen-bond acceptors (Lipinski definition) is 2. The SMILES string of the molecule is CCc1ccccc1CNOCC(C)C. The van der Waals surface area contributed by atoms with E-state index in [9.17, 15) is 0 Å². The number of aryl methyl sites for hydroxylation is 1. The first kappa shape index (κ1) is 12.2. The third kappa shape index (κ3) is 4.45. The highest BCUT2D eigenvalue weighted by atomic mass is 16.6. The molecule has 1 aromatic carbocycles. The molecule has 1 rings (SSSR count). The summed E-state index contributed by atoms with van der Waals surface area (Å²) in [6.07, 6.45) is 1.07. The Morgan fingerprint density at radius 3 is 2.47 bits per heavy atom. The second-order valence-corrected chi connectivity index (χ2v) is 4.15. The summed E-state index contributed by atoms with van der Waals surface area (Å²) in [5.41, 5.74) is 5.72. The number of hydrogen-bond donors (Lipinski definition) is 1. The van der Waals surface area contributed by atoms with Gasteiger partial charge in [-0.1, -0.05) is 45.0 Å². The van der Waals surface area contributed by atoms with Gasteiger partial charge in [0.2, 0.25) is 0 Å². The van der Waals surface area contributed by atoms with E-state index in [-0.39, 0.29) is 0 Å². The van der Waals surface area contributed by atoms with Gasteiger partial charge in [0, 0.05) is 6.54 Å². The van der Waals surface area contributed by atoms with Crippen LogP contribution in [0.1, 0.15) is 31.9 Å². The summed E-state index contributed by atoms with van der Waals surface area (Å²) in [5, 5.41) is 0. The molecule has 0 aliphatic carbocycles. The van der Waals surface area contributed by atoms with Gasteiger partial charge in [0.1, 0.15) is 0 Å². The van der Waals surface area contributed by atoms with E-state index >= 15 is 0 Å². The lowest BCUT2D eigenvalue weighted by atomic mass is 10.1. The summed E-state index contributed by atoms with van der Waals surface area (Å²) in [6, 6.07) is 8.46. The summed E-state index contributed by atoms with van der Waals surface area (Å²) in [5.74, 6) is 0.568. The molecule has 0 bridgehead atoms. The predicted octanol–water partition coefficient (Wildman–Crippen LogP) is 2.93. The van der Waals surface area contributed by atoms with E-state index in [1.54, 1.807) is 0 Å². The molecule has 2 nitrogen and oxygen atoms in total. The second-order valence-electron chi connectivity index (χ2n) is 4.15. The Hall–Kier alpha value is -0.860. The Bertz CT molecular complexity index is 284. The molecule has 1 aromatic rings. The molecule has 84 valence electrons. The van der Waals surface area contributed by atoms with Crippen molar-refractivity contribution in [2.75, 3.05) is 6.61 Å². The fraction of sp³-hybridized carbons (Fsp3) is 0.538. The quantitative estimate of drug-likeness (QED) is 0.572. The minimum Gasteiger partial charge on any atom is -0.301 e. The van der Waals surface area contributed by atoms with E-state index in [0.29, 0.717) is 5.92 Å². The number of hydroxylamine groups is 1. The zero-order valence-electron chi connectivity index (χ0n) is 9.92. The van der Waals surface area contributed by atoms with Crippen molar-refractivity contribution in [3.8, 4) is 0 Å². The van der Waals surface area contributed by atoms with Crippen LogP contribution in [0.25, 0.3) is 0 Å². The van der Waals surface area contributed by atoms with Crippen molar-refractivity contribution in [1.82, 2.24) is 5.48 Å². The maximum atomic E-state index is 5.35. The lowest BCUT2D eigenvalue weighted by Crippen LogP contribution is -2.18. The van der Waals surface area contributed by atoms with Crippen LogP contribution in [0.2, 0.25) is 0 Å². The highest BCUT2D eigenvalue weighted by Gasteiger charge is 1.99. The molecule has 0 spiro atoms. The van der Waals surface area contributed by atoms with Crippen molar-refractivity contribution >= 4 is 0 Å². The van der Waals surface area contributed by atoms with Crippen molar-refractivity contribution in [2.45, 2.75) is 33.7 Å². The summed E-state index contributed by atoms with van der Waals surface area (Å²) in [6.45, 7) is 8.00. The van der Waals surface area contributed by atoms with E-state index in [1.165, 1.54) is 11.1 Å². The standard InChI is InChI=1S/C13H21NO/c1-4-12-7-5-6-8-13(12)9-14-15-10-11(2)3/h5-8,11,14H,4,9-10H2,1-3H3. The van der Waals surface area contributed by atoms with Gasteiger partial charge in [-0.05, 0) is 23.5 Å². The summed E-state index contributed by atoms with van der Waals surface area (Å²) in [4.78, 5) is 5.35. The fourth-order valence-corrected chi connectivity index (χ4v) is 1.43. The maximum Gasteiger partial charge on any atom is 0.0705 e. The van der Waals surface area contributed by atoms with Crippen LogP contribution in [-0.4, -0.2) is 6.61 Å². The number of benzene rings is 1. The van der Waals surface area contributed by atoms with Crippen molar-refractivity contribution < 1.29 is 4.84 Å². The highest BCUT2D eigenvalue weighted by Crippen LogP contribution is 2.08. The average Bonchev–Trinajstić information content (AvgIpc) is 2.24. The molecule has 2 heteroatoms. The molecule has 0 unspecified atom stereocenters. The molecule has 0 aromatic heterocycles. The van der Waals surface area contributed by atoms with Crippen LogP contribution < -0.4 is 5.48 Å². The second kappa shape index (κ2) is 6.59. The lowest BCUT2D eigenvalue weighted by molar-refractivity contribution is 0.0195. The van der Waals surface area contributed by atoms with E-state index in [0.717, 1.165) is 19.6 Å². The normalized spacial score (nSPS) is 10.9. The summed E-state index contributed by atoms with van der Waals surface area (Å²) >= 11 is 0. The van der Waals surface area contributed by atoms with Gasteiger partial charge in [0.05, 0.1) is 6.61 Å². The van der Waals surface area contributed by atoms with Gasteiger partial charge >= 0.3 is 0 Å². The molecule has 0 amide bonds. The van der Waals surface area contributed by atoms with Crippen LogP contribution in [0.5, 0.6) is 0 Å². The number of rotatable bonds is 6. The summed E-state index contributed by atoms with van der Waals surface area (Å²) < 4.78 is 0. The van der Waals surface area contributed by atoms with Gasteiger partial charge in [-0.25, -0.2) is 0 Å². The number of nitrogens with one attached hydrogen (secondary N) is 1. The Labute approximate surface area is 92.6 Å². The first-order valence-electron chi connectivity index (χ1n) is 5.65. The molecule has 0 fully saturated rings. The van der Waals surface area contributed by atoms with Gasteiger partial charge in [0.25, 0.3) is 0 Å². The molecule has 1 N–H and O–H groups in total. The Morgan fingerprint density at radius 1 is 1.20 bits per heavy atom. The molecule has 0 aliphatic heterocycles. The fourth-order valence-electron chi connectivity index (χ4n) is 1.43.